The summed E-state index contributed by atoms with van der Waals surface area (Å²) < 4.78 is 0. The molecule has 4 atom stereocenters. The molecular weight excluding hydrogens is 494 g/mol. The van der Waals surface area contributed by atoms with Crippen molar-refractivity contribution in [2.45, 2.75) is 77.0 Å². The van der Waals surface area contributed by atoms with Crippen LogP contribution in [0.4, 0.5) is 4.79 Å². The molecule has 0 aromatic heterocycles. The predicted molar refractivity (Wildman–Crippen MR) is 143 cm³/mol. The maximum absolute atomic E-state index is 13.7. The molecule has 3 amide bonds. The molecule has 0 bridgehead atoms. The van der Waals surface area contributed by atoms with Gasteiger partial charge in [-0.2, -0.15) is 0 Å². The first-order chi connectivity index (χ1) is 17.2. The number of carbonyl (C=O) groups excluding carboxylic acids is 2. The molecule has 1 aliphatic carbocycles. The molecule has 0 radical (unpaired) electrons. The Labute approximate surface area is 224 Å². The molecular formula is C28H40ClN3O5. The summed E-state index contributed by atoms with van der Waals surface area (Å²) in [5.41, 5.74) is -1.71. The highest BCUT2D eigenvalue weighted by atomic mass is 35.5. The number of carboxylic acid groups (broad SMARTS) is 1. The standard InChI is InChI=1S/C28H40ClN3O5/c1-6-12-27(31-25(35)36)13-11-19(16-27)23(33)30-22(18(2)3)24(34)32-15-14-28(37,26(4,5)17-32)20-7-9-21(29)10-8-20/h6-10,18-19,22,31,37H,1,11-17H2,2-5H3,(H,30,33)(H,35,36)/t19-,22-,27?,28+/m1/s1. The number of halogens is 1. The van der Waals surface area contributed by atoms with Crippen LogP contribution in [0.15, 0.2) is 36.9 Å². The Morgan fingerprint density at radius 3 is 2.41 bits per heavy atom. The van der Waals surface area contributed by atoms with Crippen LogP contribution in [0, 0.1) is 17.3 Å². The second kappa shape index (κ2) is 11.0. The third kappa shape index (κ3) is 6.12. The number of rotatable bonds is 8. The number of nitrogens with zero attached hydrogens (tertiary/aromatic N) is 1. The first kappa shape index (κ1) is 29.0. The van der Waals surface area contributed by atoms with Crippen LogP contribution in [0.25, 0.3) is 0 Å². The van der Waals surface area contributed by atoms with Crippen molar-refractivity contribution in [2.75, 3.05) is 13.1 Å². The average molecular weight is 534 g/mol. The van der Waals surface area contributed by atoms with Gasteiger partial charge >= 0.3 is 6.09 Å². The van der Waals surface area contributed by atoms with E-state index in [4.69, 9.17) is 11.6 Å². The van der Waals surface area contributed by atoms with Crippen molar-refractivity contribution in [3.63, 3.8) is 0 Å². The van der Waals surface area contributed by atoms with Crippen molar-refractivity contribution >= 4 is 29.5 Å². The summed E-state index contributed by atoms with van der Waals surface area (Å²) >= 11 is 6.04. The molecule has 4 N–H and O–H groups in total. The summed E-state index contributed by atoms with van der Waals surface area (Å²) in [6, 6.07) is 6.45. The molecule has 2 aliphatic rings. The lowest BCUT2D eigenvalue weighted by molar-refractivity contribution is -0.157. The van der Waals surface area contributed by atoms with Crippen LogP contribution in [0.1, 0.15) is 65.4 Å². The largest absolute Gasteiger partial charge is 0.465 e. The maximum Gasteiger partial charge on any atom is 0.405 e. The zero-order valence-corrected chi connectivity index (χ0v) is 23.0. The van der Waals surface area contributed by atoms with Crippen LogP contribution in [-0.4, -0.2) is 57.7 Å². The van der Waals surface area contributed by atoms with E-state index in [1.54, 1.807) is 23.1 Å². The molecule has 1 saturated carbocycles. The van der Waals surface area contributed by atoms with Gasteiger partial charge in [-0.05, 0) is 55.7 Å². The van der Waals surface area contributed by atoms with Gasteiger partial charge in [-0.25, -0.2) is 4.79 Å². The molecule has 1 aromatic rings. The van der Waals surface area contributed by atoms with Crippen LogP contribution in [0.3, 0.4) is 0 Å². The minimum Gasteiger partial charge on any atom is -0.465 e. The molecule has 0 spiro atoms. The quantitative estimate of drug-likeness (QED) is 0.371. The Hall–Kier alpha value is -2.58. The molecule has 9 heteroatoms. The number of likely N-dealkylation sites (tertiary alicyclic amines) is 1. The third-order valence-electron chi connectivity index (χ3n) is 8.20. The van der Waals surface area contributed by atoms with Gasteiger partial charge in [-0.15, -0.1) is 6.58 Å². The number of benzene rings is 1. The van der Waals surface area contributed by atoms with Gasteiger partial charge in [0.05, 0.1) is 5.60 Å². The van der Waals surface area contributed by atoms with Gasteiger partial charge in [0.15, 0.2) is 0 Å². The lowest BCUT2D eigenvalue weighted by atomic mass is 9.66. The van der Waals surface area contributed by atoms with Crippen molar-refractivity contribution in [3.8, 4) is 0 Å². The fourth-order valence-electron chi connectivity index (χ4n) is 5.96. The van der Waals surface area contributed by atoms with Gasteiger partial charge < -0.3 is 25.7 Å². The van der Waals surface area contributed by atoms with E-state index in [0.717, 1.165) is 5.56 Å². The molecule has 37 heavy (non-hydrogen) atoms. The zero-order chi connectivity index (χ0) is 27.6. The Kier molecular flexibility index (Phi) is 8.64. The van der Waals surface area contributed by atoms with Crippen LogP contribution in [0.2, 0.25) is 5.02 Å². The van der Waals surface area contributed by atoms with Gasteiger partial charge in [0.2, 0.25) is 11.8 Å². The van der Waals surface area contributed by atoms with Crippen LogP contribution in [-0.2, 0) is 15.2 Å². The highest BCUT2D eigenvalue weighted by molar-refractivity contribution is 6.30. The Morgan fingerprint density at radius 1 is 1.22 bits per heavy atom. The lowest BCUT2D eigenvalue weighted by Crippen LogP contribution is -2.60. The summed E-state index contributed by atoms with van der Waals surface area (Å²) in [7, 11) is 0. The molecule has 2 fully saturated rings. The monoisotopic (exact) mass is 533 g/mol. The van der Waals surface area contributed by atoms with Crippen LogP contribution >= 0.6 is 11.6 Å². The number of aliphatic hydroxyl groups is 1. The fraction of sp³-hybridized carbons (Fsp3) is 0.607. The number of nitrogens with one attached hydrogen (secondary N) is 2. The van der Waals surface area contributed by atoms with Gasteiger partial charge in [0.1, 0.15) is 6.04 Å². The highest BCUT2D eigenvalue weighted by Crippen LogP contribution is 2.46. The van der Waals surface area contributed by atoms with Gasteiger partial charge in [-0.1, -0.05) is 57.5 Å². The Bertz CT molecular complexity index is 1030. The Morgan fingerprint density at radius 2 is 1.86 bits per heavy atom. The average Bonchev–Trinajstić information content (AvgIpc) is 3.22. The molecule has 204 valence electrons. The van der Waals surface area contributed by atoms with Crippen LogP contribution < -0.4 is 10.6 Å². The van der Waals surface area contributed by atoms with Crippen molar-refractivity contribution < 1.29 is 24.6 Å². The summed E-state index contributed by atoms with van der Waals surface area (Å²) in [6.45, 7) is 12.1. The molecule has 1 unspecified atom stereocenters. The van der Waals surface area contributed by atoms with E-state index in [1.807, 2.05) is 39.8 Å². The molecule has 1 saturated heterocycles. The number of hydrogen-bond acceptors (Lipinski definition) is 4. The van der Waals surface area contributed by atoms with E-state index in [1.165, 1.54) is 0 Å². The summed E-state index contributed by atoms with van der Waals surface area (Å²) in [6.07, 6.45) is 2.77. The van der Waals surface area contributed by atoms with Gasteiger partial charge in [-0.3, -0.25) is 9.59 Å². The molecule has 1 heterocycles. The number of piperidine rings is 1. The summed E-state index contributed by atoms with van der Waals surface area (Å²) in [4.78, 5) is 40.0. The van der Waals surface area contributed by atoms with E-state index in [-0.39, 0.29) is 17.7 Å². The smallest absolute Gasteiger partial charge is 0.405 e. The van der Waals surface area contributed by atoms with E-state index < -0.39 is 34.6 Å². The lowest BCUT2D eigenvalue weighted by Gasteiger charge is -2.51. The minimum atomic E-state index is -1.12. The first-order valence-electron chi connectivity index (χ1n) is 12.9. The van der Waals surface area contributed by atoms with E-state index in [2.05, 4.69) is 17.2 Å². The Balaban J connectivity index is 1.71. The predicted octanol–water partition coefficient (Wildman–Crippen LogP) is 4.31. The zero-order valence-electron chi connectivity index (χ0n) is 22.2. The third-order valence-corrected chi connectivity index (χ3v) is 8.45. The first-order valence-corrected chi connectivity index (χ1v) is 13.3. The molecule has 1 aromatic carbocycles. The number of amides is 3. The van der Waals surface area contributed by atoms with Crippen molar-refractivity contribution in [2.24, 2.45) is 17.3 Å². The normalized spacial score (nSPS) is 28.0. The minimum absolute atomic E-state index is 0.145. The van der Waals surface area contributed by atoms with Crippen molar-refractivity contribution in [1.29, 1.82) is 0 Å². The molecule has 1 aliphatic heterocycles. The number of carbonyl (C=O) groups is 3. The van der Waals surface area contributed by atoms with Crippen LogP contribution in [0.5, 0.6) is 0 Å². The summed E-state index contributed by atoms with van der Waals surface area (Å²) in [5, 5.41) is 27.1. The topological polar surface area (TPSA) is 119 Å². The van der Waals surface area contributed by atoms with Gasteiger partial charge in [0, 0.05) is 35.0 Å². The van der Waals surface area contributed by atoms with E-state index in [0.29, 0.717) is 50.2 Å². The molecule has 3 rings (SSSR count). The van der Waals surface area contributed by atoms with E-state index >= 15 is 0 Å². The van der Waals surface area contributed by atoms with Crippen molar-refractivity contribution in [3.05, 3.63) is 47.5 Å². The second-order valence-electron chi connectivity index (χ2n) is 11.6. The highest BCUT2D eigenvalue weighted by Gasteiger charge is 2.50. The van der Waals surface area contributed by atoms with Crippen molar-refractivity contribution in [1.82, 2.24) is 15.5 Å². The number of hydrogen-bond donors (Lipinski definition) is 4. The molecule has 8 nitrogen and oxygen atoms in total. The summed E-state index contributed by atoms with van der Waals surface area (Å²) in [5.74, 6) is -0.950. The fourth-order valence-corrected chi connectivity index (χ4v) is 6.08. The van der Waals surface area contributed by atoms with E-state index in [9.17, 15) is 24.6 Å². The SMILES string of the molecule is C=CCC1(NC(=O)O)CC[C@@H](C(=O)N[C@@H](C(=O)N2CC[C@](O)(c3ccc(Cl)cc3)C(C)(C)C2)C(C)C)C1. The van der Waals surface area contributed by atoms with Gasteiger partial charge in [0.25, 0.3) is 0 Å². The second-order valence-corrected chi connectivity index (χ2v) is 12.1. The maximum atomic E-state index is 13.7.